The van der Waals surface area contributed by atoms with Crippen molar-refractivity contribution in [3.05, 3.63) is 35.9 Å². The lowest BCUT2D eigenvalue weighted by Gasteiger charge is -2.30. The minimum atomic E-state index is 0.274. The van der Waals surface area contributed by atoms with Gasteiger partial charge < -0.3 is 10.1 Å². The average molecular weight is 177 g/mol. The molecule has 2 heteroatoms. The van der Waals surface area contributed by atoms with Crippen molar-refractivity contribution >= 4 is 0 Å². The van der Waals surface area contributed by atoms with Gasteiger partial charge in [-0.25, -0.2) is 0 Å². The third-order valence-electron chi connectivity index (χ3n) is 2.48. The van der Waals surface area contributed by atoms with Crippen molar-refractivity contribution in [3.63, 3.8) is 0 Å². The summed E-state index contributed by atoms with van der Waals surface area (Å²) in [5.74, 6) is 0. The second kappa shape index (κ2) is 3.90. The molecule has 0 aromatic heterocycles. The third kappa shape index (κ3) is 1.90. The van der Waals surface area contributed by atoms with Gasteiger partial charge in [-0.15, -0.1) is 0 Å². The molecule has 1 saturated heterocycles. The molecule has 1 aliphatic rings. The molecule has 1 aliphatic heterocycles. The number of rotatable bonds is 1. The smallest absolute Gasteiger partial charge is 0.0742 e. The lowest BCUT2D eigenvalue weighted by molar-refractivity contribution is 0.00756. The molecule has 0 spiro atoms. The molecule has 1 aromatic carbocycles. The number of benzene rings is 1. The van der Waals surface area contributed by atoms with Crippen molar-refractivity contribution in [2.24, 2.45) is 0 Å². The van der Waals surface area contributed by atoms with Crippen LogP contribution in [-0.4, -0.2) is 19.3 Å². The highest BCUT2D eigenvalue weighted by atomic mass is 16.5. The lowest BCUT2D eigenvalue weighted by atomic mass is 10.0. The van der Waals surface area contributed by atoms with E-state index in [4.69, 9.17) is 4.74 Å². The highest BCUT2D eigenvalue weighted by Crippen LogP contribution is 2.20. The first kappa shape index (κ1) is 8.73. The Bertz CT molecular complexity index is 260. The van der Waals surface area contributed by atoms with Crippen LogP contribution in [0.25, 0.3) is 0 Å². The van der Waals surface area contributed by atoms with Gasteiger partial charge in [-0.05, 0) is 12.5 Å². The van der Waals surface area contributed by atoms with Crippen molar-refractivity contribution in [1.82, 2.24) is 5.32 Å². The molecule has 2 nitrogen and oxygen atoms in total. The SMILES string of the molecule is C[C@H]1OCCN[C@@H]1c1ccccc1. The van der Waals surface area contributed by atoms with Crippen molar-refractivity contribution in [2.45, 2.75) is 19.1 Å². The summed E-state index contributed by atoms with van der Waals surface area (Å²) < 4.78 is 5.58. The van der Waals surface area contributed by atoms with Crippen LogP contribution in [0.4, 0.5) is 0 Å². The Labute approximate surface area is 78.9 Å². The maximum Gasteiger partial charge on any atom is 0.0742 e. The van der Waals surface area contributed by atoms with E-state index in [0.717, 1.165) is 13.2 Å². The Kier molecular flexibility index (Phi) is 2.62. The van der Waals surface area contributed by atoms with E-state index in [2.05, 4.69) is 36.5 Å². The fourth-order valence-corrected chi connectivity index (χ4v) is 1.77. The first-order chi connectivity index (χ1) is 6.38. The molecule has 1 aromatic rings. The monoisotopic (exact) mass is 177 g/mol. The number of morpholine rings is 1. The topological polar surface area (TPSA) is 21.3 Å². The van der Waals surface area contributed by atoms with Crippen molar-refractivity contribution in [1.29, 1.82) is 0 Å². The largest absolute Gasteiger partial charge is 0.375 e. The molecular formula is C11H15NO. The van der Waals surface area contributed by atoms with Gasteiger partial charge in [-0.3, -0.25) is 0 Å². The Balaban J connectivity index is 2.15. The fraction of sp³-hybridized carbons (Fsp3) is 0.455. The van der Waals surface area contributed by atoms with Crippen LogP contribution >= 0.6 is 0 Å². The predicted octanol–water partition coefficient (Wildman–Crippen LogP) is 1.74. The average Bonchev–Trinajstić information content (AvgIpc) is 2.20. The van der Waals surface area contributed by atoms with E-state index in [0.29, 0.717) is 6.04 Å². The predicted molar refractivity (Wildman–Crippen MR) is 52.6 cm³/mol. The van der Waals surface area contributed by atoms with Gasteiger partial charge in [0.25, 0.3) is 0 Å². The zero-order valence-electron chi connectivity index (χ0n) is 7.86. The van der Waals surface area contributed by atoms with Gasteiger partial charge in [0.05, 0.1) is 18.8 Å². The van der Waals surface area contributed by atoms with E-state index >= 15 is 0 Å². The second-order valence-electron chi connectivity index (χ2n) is 3.42. The summed E-state index contributed by atoms with van der Waals surface area (Å²) in [6.07, 6.45) is 0.274. The number of ether oxygens (including phenoxy) is 1. The summed E-state index contributed by atoms with van der Waals surface area (Å²) in [5, 5.41) is 3.46. The highest BCUT2D eigenvalue weighted by molar-refractivity contribution is 5.20. The summed E-state index contributed by atoms with van der Waals surface area (Å²) in [5.41, 5.74) is 1.31. The van der Waals surface area contributed by atoms with Gasteiger partial charge in [-0.2, -0.15) is 0 Å². The van der Waals surface area contributed by atoms with Crippen LogP contribution in [-0.2, 0) is 4.74 Å². The van der Waals surface area contributed by atoms with Gasteiger partial charge in [0.2, 0.25) is 0 Å². The van der Waals surface area contributed by atoms with Gasteiger partial charge in [0.15, 0.2) is 0 Å². The fourth-order valence-electron chi connectivity index (χ4n) is 1.77. The molecule has 1 heterocycles. The first-order valence-electron chi connectivity index (χ1n) is 4.78. The molecule has 0 amide bonds. The van der Waals surface area contributed by atoms with Crippen LogP contribution in [0.15, 0.2) is 30.3 Å². The van der Waals surface area contributed by atoms with Gasteiger partial charge in [0, 0.05) is 6.54 Å². The van der Waals surface area contributed by atoms with Gasteiger partial charge in [0.1, 0.15) is 0 Å². The normalized spacial score (nSPS) is 28.7. The molecule has 70 valence electrons. The standard InChI is InChI=1S/C11H15NO/c1-9-11(12-7-8-13-9)10-5-3-2-4-6-10/h2-6,9,11-12H,7-8H2,1H3/t9-,11+/m1/s1. The third-order valence-corrected chi connectivity index (χ3v) is 2.48. The summed E-state index contributed by atoms with van der Waals surface area (Å²) in [6.45, 7) is 3.89. The molecule has 1 N–H and O–H groups in total. The zero-order chi connectivity index (χ0) is 9.10. The first-order valence-corrected chi connectivity index (χ1v) is 4.78. The van der Waals surface area contributed by atoms with E-state index in [9.17, 15) is 0 Å². The molecule has 0 unspecified atom stereocenters. The van der Waals surface area contributed by atoms with E-state index in [1.54, 1.807) is 0 Å². The molecule has 0 aliphatic carbocycles. The molecule has 2 rings (SSSR count). The van der Waals surface area contributed by atoms with Crippen LogP contribution in [0.3, 0.4) is 0 Å². The van der Waals surface area contributed by atoms with Crippen LogP contribution in [0.2, 0.25) is 0 Å². The van der Waals surface area contributed by atoms with Crippen LogP contribution < -0.4 is 5.32 Å². The van der Waals surface area contributed by atoms with E-state index < -0.39 is 0 Å². The molecule has 0 bridgehead atoms. The molecule has 1 fully saturated rings. The number of hydrogen-bond donors (Lipinski definition) is 1. The molecule has 0 saturated carbocycles. The quantitative estimate of drug-likeness (QED) is 0.705. The second-order valence-corrected chi connectivity index (χ2v) is 3.42. The van der Waals surface area contributed by atoms with E-state index in [-0.39, 0.29) is 6.10 Å². The minimum absolute atomic E-state index is 0.274. The Morgan fingerprint density at radius 3 is 2.77 bits per heavy atom. The van der Waals surface area contributed by atoms with E-state index in [1.165, 1.54) is 5.56 Å². The highest BCUT2D eigenvalue weighted by Gasteiger charge is 2.22. The molecular weight excluding hydrogens is 162 g/mol. The summed E-state index contributed by atoms with van der Waals surface area (Å²) in [7, 11) is 0. The summed E-state index contributed by atoms with van der Waals surface area (Å²) >= 11 is 0. The summed E-state index contributed by atoms with van der Waals surface area (Å²) in [6, 6.07) is 10.8. The minimum Gasteiger partial charge on any atom is -0.375 e. The number of hydrogen-bond acceptors (Lipinski definition) is 2. The molecule has 0 radical (unpaired) electrons. The van der Waals surface area contributed by atoms with Gasteiger partial charge in [-0.1, -0.05) is 30.3 Å². The Morgan fingerprint density at radius 1 is 1.31 bits per heavy atom. The maximum absolute atomic E-state index is 5.58. The van der Waals surface area contributed by atoms with Crippen molar-refractivity contribution < 1.29 is 4.74 Å². The maximum atomic E-state index is 5.58. The number of nitrogens with one attached hydrogen (secondary N) is 1. The summed E-state index contributed by atoms with van der Waals surface area (Å²) in [4.78, 5) is 0. The van der Waals surface area contributed by atoms with Crippen LogP contribution in [0, 0.1) is 0 Å². The lowest BCUT2D eigenvalue weighted by Crippen LogP contribution is -2.40. The van der Waals surface area contributed by atoms with Gasteiger partial charge >= 0.3 is 0 Å². The molecule has 13 heavy (non-hydrogen) atoms. The molecule has 2 atom stereocenters. The van der Waals surface area contributed by atoms with Crippen molar-refractivity contribution in [2.75, 3.05) is 13.2 Å². The van der Waals surface area contributed by atoms with Crippen molar-refractivity contribution in [3.8, 4) is 0 Å². The van der Waals surface area contributed by atoms with E-state index in [1.807, 2.05) is 6.07 Å². The zero-order valence-corrected chi connectivity index (χ0v) is 7.86. The van der Waals surface area contributed by atoms with Crippen LogP contribution in [0.1, 0.15) is 18.5 Å². The van der Waals surface area contributed by atoms with Crippen LogP contribution in [0.5, 0.6) is 0 Å². The Morgan fingerprint density at radius 2 is 2.08 bits per heavy atom. The Hall–Kier alpha value is -0.860.